The summed E-state index contributed by atoms with van der Waals surface area (Å²) in [6.07, 6.45) is 0.912. The summed E-state index contributed by atoms with van der Waals surface area (Å²) in [5.74, 6) is -6.01. The zero-order chi connectivity index (χ0) is 27.7. The number of rotatable bonds is 5. The Morgan fingerprint density at radius 2 is 2.03 bits per heavy atom. The normalized spacial score (nSPS) is 23.7. The molecule has 2 aliphatic rings. The Morgan fingerprint density at radius 3 is 2.75 bits per heavy atom. The molecular weight excluding hydrogens is 480 g/mol. The number of piperidine rings is 1. The maximum atomic E-state index is 14.8. The minimum absolute atomic E-state index is 0.0385. The molecule has 9 nitrogen and oxygen atoms in total. The van der Waals surface area contributed by atoms with Gasteiger partial charge in [-0.3, -0.25) is 0 Å². The molecule has 13 heteroatoms. The first-order chi connectivity index (χ1) is 18.3. The number of anilines is 1. The average molecular weight is 508 g/mol. The van der Waals surface area contributed by atoms with Crippen LogP contribution in [0.2, 0.25) is 0 Å². The largest absolute Gasteiger partial charge is 0.479 e. The van der Waals surface area contributed by atoms with Gasteiger partial charge in [-0.1, -0.05) is 11.3 Å². The highest BCUT2D eigenvalue weighted by molar-refractivity contribution is 5.89. The molecule has 3 aromatic heterocycles. The second-order valence-corrected chi connectivity index (χ2v) is 9.29. The minimum atomic E-state index is -3.34. The van der Waals surface area contributed by atoms with Crippen LogP contribution in [0.1, 0.15) is 29.4 Å². The number of alkyl halides is 4. The molecule has 190 valence electrons. The predicted octanol–water partition coefficient (Wildman–Crippen LogP) is 3.87. The number of hydrogen-bond acceptors (Lipinski definition) is 7. The molecular formula is C23H24F4N8O. The van der Waals surface area contributed by atoms with Crippen LogP contribution >= 0.6 is 0 Å². The Hall–Kier alpha value is -3.48. The van der Waals surface area contributed by atoms with Gasteiger partial charge in [0.1, 0.15) is 11.0 Å². The van der Waals surface area contributed by atoms with Crippen molar-refractivity contribution in [1.82, 2.24) is 34.5 Å². The number of halogens is 4. The maximum absolute atomic E-state index is 14.8. The highest BCUT2D eigenvalue weighted by atomic mass is 19.3. The Kier molecular flexibility index (Phi) is 4.38. The van der Waals surface area contributed by atoms with Crippen LogP contribution in [0.25, 0.3) is 27.7 Å². The molecule has 1 saturated carbocycles. The van der Waals surface area contributed by atoms with Gasteiger partial charge < -0.3 is 15.0 Å². The molecule has 1 aliphatic carbocycles. The van der Waals surface area contributed by atoms with Crippen LogP contribution in [-0.4, -0.2) is 79.6 Å². The van der Waals surface area contributed by atoms with Gasteiger partial charge >= 0.3 is 0 Å². The van der Waals surface area contributed by atoms with Gasteiger partial charge in [-0.2, -0.15) is 4.98 Å². The van der Waals surface area contributed by atoms with Crippen molar-refractivity contribution in [2.75, 3.05) is 32.5 Å². The molecule has 0 spiro atoms. The molecule has 2 fully saturated rings. The molecule has 1 aliphatic heterocycles. The van der Waals surface area contributed by atoms with E-state index in [9.17, 15) is 17.6 Å². The van der Waals surface area contributed by atoms with Gasteiger partial charge in [-0.05, 0) is 37.2 Å². The first kappa shape index (κ1) is 19.7. The van der Waals surface area contributed by atoms with Crippen LogP contribution in [0.3, 0.4) is 0 Å². The zero-order valence-corrected chi connectivity index (χ0v) is 19.1. The summed E-state index contributed by atoms with van der Waals surface area (Å²) in [5.41, 5.74) is 3.03. The second kappa shape index (κ2) is 8.02. The third kappa shape index (κ3) is 3.81. The number of benzene rings is 1. The summed E-state index contributed by atoms with van der Waals surface area (Å²) < 4.78 is 87.3. The fourth-order valence-corrected chi connectivity index (χ4v) is 4.88. The molecule has 1 atom stereocenters. The van der Waals surface area contributed by atoms with Gasteiger partial charge in [0.05, 0.1) is 31.3 Å². The van der Waals surface area contributed by atoms with E-state index in [1.165, 1.54) is 16.3 Å². The van der Waals surface area contributed by atoms with Crippen LogP contribution in [0.4, 0.5) is 23.5 Å². The fourth-order valence-electron chi connectivity index (χ4n) is 4.88. The molecule has 0 amide bonds. The fraction of sp³-hybridized carbons (Fsp3) is 0.478. The lowest BCUT2D eigenvalue weighted by molar-refractivity contribution is -0.106. The van der Waals surface area contributed by atoms with Gasteiger partial charge in [0, 0.05) is 35.3 Å². The van der Waals surface area contributed by atoms with Crippen molar-refractivity contribution < 1.29 is 26.4 Å². The smallest absolute Gasteiger partial charge is 0.280 e. The van der Waals surface area contributed by atoms with Crippen molar-refractivity contribution in [1.29, 1.82) is 0 Å². The summed E-state index contributed by atoms with van der Waals surface area (Å²) >= 11 is 0. The van der Waals surface area contributed by atoms with Gasteiger partial charge in [0.2, 0.25) is 11.8 Å². The number of nitrogens with zero attached hydrogens (tertiary/aromatic N) is 7. The molecule has 4 heterocycles. The van der Waals surface area contributed by atoms with E-state index in [1.54, 1.807) is 30.5 Å². The summed E-state index contributed by atoms with van der Waals surface area (Å²) in [5, 5.41) is 15.2. The van der Waals surface area contributed by atoms with E-state index in [0.29, 0.717) is 27.7 Å². The highest BCUT2D eigenvalue weighted by Gasteiger charge is 2.47. The molecule has 1 aromatic carbocycles. The Labute approximate surface area is 207 Å². The predicted molar refractivity (Wildman–Crippen MR) is 124 cm³/mol. The van der Waals surface area contributed by atoms with Gasteiger partial charge in [0.15, 0.2) is 0 Å². The molecule has 1 saturated heterocycles. The van der Waals surface area contributed by atoms with Gasteiger partial charge in [0.25, 0.3) is 11.8 Å². The van der Waals surface area contributed by atoms with E-state index in [0.717, 1.165) is 4.90 Å². The maximum Gasteiger partial charge on any atom is 0.280 e. The first-order valence-electron chi connectivity index (χ1n) is 12.9. The summed E-state index contributed by atoms with van der Waals surface area (Å²) in [4.78, 5) is 5.09. The number of nitrogens with one attached hydrogen (secondary N) is 1. The minimum Gasteiger partial charge on any atom is -0.479 e. The summed E-state index contributed by atoms with van der Waals surface area (Å²) in [6, 6.07) is 5.28. The number of hydrogen-bond donors (Lipinski definition) is 1. The van der Waals surface area contributed by atoms with E-state index in [1.807, 2.05) is 0 Å². The number of fused-ring (bicyclic) bond motifs is 2. The molecule has 0 bridgehead atoms. The summed E-state index contributed by atoms with van der Waals surface area (Å²) in [6.45, 7) is -3.56. The lowest BCUT2D eigenvalue weighted by Gasteiger charge is -2.36. The molecule has 6 rings (SSSR count). The SMILES string of the molecule is [2H]C([2H])([2H])N1CC[C@@H](Nc2nc(OC)c3c(-c4ccc5nnn(C6CC(F)(F)C6)c5c4)ccn3n2)C(F)(F)C1. The lowest BCUT2D eigenvalue weighted by atomic mass is 9.88. The Morgan fingerprint density at radius 1 is 1.19 bits per heavy atom. The lowest BCUT2D eigenvalue weighted by Crippen LogP contribution is -2.53. The zero-order valence-electron chi connectivity index (χ0n) is 22.1. The van der Waals surface area contributed by atoms with Crippen molar-refractivity contribution in [3.05, 3.63) is 30.5 Å². The quantitative estimate of drug-likeness (QED) is 0.411. The molecule has 0 unspecified atom stereocenters. The van der Waals surface area contributed by atoms with Crippen molar-refractivity contribution in [3.8, 4) is 17.0 Å². The van der Waals surface area contributed by atoms with Crippen LogP contribution in [0.15, 0.2) is 30.5 Å². The highest BCUT2D eigenvalue weighted by Crippen LogP contribution is 2.46. The van der Waals surface area contributed by atoms with Crippen LogP contribution in [-0.2, 0) is 0 Å². The number of methoxy groups -OCH3 is 1. The molecule has 1 N–H and O–H groups in total. The van der Waals surface area contributed by atoms with E-state index in [2.05, 4.69) is 25.7 Å². The average Bonchev–Trinajstić information content (AvgIpc) is 3.46. The Bertz CT molecular complexity index is 1550. The van der Waals surface area contributed by atoms with Crippen molar-refractivity contribution >= 4 is 22.5 Å². The topological polar surface area (TPSA) is 85.4 Å². The van der Waals surface area contributed by atoms with Crippen molar-refractivity contribution in [2.45, 2.75) is 43.2 Å². The van der Waals surface area contributed by atoms with Crippen molar-refractivity contribution in [2.24, 2.45) is 0 Å². The van der Waals surface area contributed by atoms with Gasteiger partial charge in [-0.15, -0.1) is 10.2 Å². The van der Waals surface area contributed by atoms with E-state index >= 15 is 0 Å². The van der Waals surface area contributed by atoms with Gasteiger partial charge in [-0.25, -0.2) is 26.8 Å². The van der Waals surface area contributed by atoms with Crippen LogP contribution in [0.5, 0.6) is 5.88 Å². The third-order valence-corrected chi connectivity index (χ3v) is 6.77. The van der Waals surface area contributed by atoms with Crippen LogP contribution in [0, 0.1) is 0 Å². The molecule has 36 heavy (non-hydrogen) atoms. The number of ether oxygens (including phenoxy) is 1. The van der Waals surface area contributed by atoms with Crippen LogP contribution < -0.4 is 10.1 Å². The first-order valence-corrected chi connectivity index (χ1v) is 11.4. The van der Waals surface area contributed by atoms with E-state index < -0.39 is 37.4 Å². The third-order valence-electron chi connectivity index (χ3n) is 6.77. The standard InChI is InChI=1S/C23H24F4N8O/c1-33-7-6-18(23(26,27)12-33)28-21-29-20(36-2)19-15(5-8-34(19)31-21)13-3-4-16-17(9-13)35(32-30-16)14-10-22(24,25)11-14/h3-5,8-9,14,18H,6-7,10-12H2,1-2H3,(H,28,31)/t18-/m1/s1/i1D3. The number of aromatic nitrogens is 6. The molecule has 4 aromatic rings. The second-order valence-electron chi connectivity index (χ2n) is 9.29. The van der Waals surface area contributed by atoms with E-state index in [-0.39, 0.29) is 37.6 Å². The Balaban J connectivity index is 1.31. The summed E-state index contributed by atoms with van der Waals surface area (Å²) in [7, 11) is 1.39. The molecule has 0 radical (unpaired) electrons. The number of likely N-dealkylation sites (tertiary alicyclic amines) is 1. The monoisotopic (exact) mass is 507 g/mol. The van der Waals surface area contributed by atoms with E-state index in [4.69, 9.17) is 8.85 Å². The van der Waals surface area contributed by atoms with Crippen molar-refractivity contribution in [3.63, 3.8) is 0 Å².